The quantitative estimate of drug-likeness (QED) is 0.677. The van der Waals surface area contributed by atoms with Crippen molar-refractivity contribution >= 4 is 0 Å². The van der Waals surface area contributed by atoms with Gasteiger partial charge in [-0.05, 0) is 43.7 Å². The van der Waals surface area contributed by atoms with Crippen LogP contribution in [0, 0.1) is 0 Å². The minimum absolute atomic E-state index is 0.198. The zero-order chi connectivity index (χ0) is 14.6. The van der Waals surface area contributed by atoms with Crippen LogP contribution in [-0.4, -0.2) is 49.5 Å². The molecule has 0 unspecified atom stereocenters. The number of aliphatic hydroxyl groups is 1. The van der Waals surface area contributed by atoms with Crippen molar-refractivity contribution in [3.05, 3.63) is 24.3 Å². The summed E-state index contributed by atoms with van der Waals surface area (Å²) in [6.45, 7) is 8.34. The zero-order valence-corrected chi connectivity index (χ0v) is 12.7. The third-order valence-corrected chi connectivity index (χ3v) is 2.93. The summed E-state index contributed by atoms with van der Waals surface area (Å²) in [5.74, 6) is 1.74. The van der Waals surface area contributed by atoms with Crippen LogP contribution in [-0.2, 0) is 0 Å². The predicted molar refractivity (Wildman–Crippen MR) is 81.5 cm³/mol. The maximum absolute atomic E-state index is 8.98. The highest BCUT2D eigenvalue weighted by molar-refractivity contribution is 5.31. The van der Waals surface area contributed by atoms with E-state index >= 15 is 0 Å². The molecule has 0 atom stereocenters. The van der Waals surface area contributed by atoms with E-state index in [4.69, 9.17) is 14.6 Å². The Labute approximate surface area is 122 Å². The van der Waals surface area contributed by atoms with E-state index in [2.05, 4.69) is 18.7 Å². The van der Waals surface area contributed by atoms with Crippen LogP contribution >= 0.6 is 0 Å². The maximum Gasteiger partial charge on any atom is 0.119 e. The van der Waals surface area contributed by atoms with Crippen molar-refractivity contribution in [2.75, 3.05) is 39.5 Å². The number of hydrogen-bond donors (Lipinski definition) is 1. The molecule has 20 heavy (non-hydrogen) atoms. The fourth-order valence-corrected chi connectivity index (χ4v) is 1.94. The fraction of sp³-hybridized carbons (Fsp3) is 0.625. The van der Waals surface area contributed by atoms with Gasteiger partial charge in [-0.3, -0.25) is 4.90 Å². The minimum Gasteiger partial charge on any atom is -0.494 e. The average molecular weight is 281 g/mol. The number of nitrogens with zero attached hydrogens (tertiary/aromatic N) is 1. The number of hydrogen-bond acceptors (Lipinski definition) is 4. The first-order valence-electron chi connectivity index (χ1n) is 7.49. The molecule has 0 amide bonds. The van der Waals surface area contributed by atoms with Gasteiger partial charge in [0.2, 0.25) is 0 Å². The van der Waals surface area contributed by atoms with E-state index < -0.39 is 0 Å². The van der Waals surface area contributed by atoms with E-state index in [1.807, 2.05) is 24.3 Å². The third-order valence-electron chi connectivity index (χ3n) is 2.93. The van der Waals surface area contributed by atoms with E-state index in [0.717, 1.165) is 44.0 Å². The molecule has 0 spiro atoms. The van der Waals surface area contributed by atoms with Crippen LogP contribution in [0.2, 0.25) is 0 Å². The van der Waals surface area contributed by atoms with Gasteiger partial charge < -0.3 is 14.6 Å². The van der Waals surface area contributed by atoms with E-state index in [-0.39, 0.29) is 6.61 Å². The van der Waals surface area contributed by atoms with Gasteiger partial charge in [-0.1, -0.05) is 13.8 Å². The van der Waals surface area contributed by atoms with Crippen molar-refractivity contribution in [1.29, 1.82) is 0 Å². The lowest BCUT2D eigenvalue weighted by molar-refractivity contribution is 0.168. The van der Waals surface area contributed by atoms with Crippen LogP contribution in [0.5, 0.6) is 11.5 Å². The Morgan fingerprint density at radius 1 is 0.850 bits per heavy atom. The van der Waals surface area contributed by atoms with Gasteiger partial charge >= 0.3 is 0 Å². The second-order valence-corrected chi connectivity index (χ2v) is 4.73. The number of aliphatic hydroxyl groups excluding tert-OH is 1. The first-order valence-corrected chi connectivity index (χ1v) is 7.49. The molecule has 1 N–H and O–H groups in total. The highest BCUT2D eigenvalue weighted by Crippen LogP contribution is 2.17. The van der Waals surface area contributed by atoms with Crippen molar-refractivity contribution in [2.45, 2.75) is 26.7 Å². The first-order chi connectivity index (χ1) is 9.80. The molecule has 1 aromatic carbocycles. The van der Waals surface area contributed by atoms with Gasteiger partial charge in [-0.2, -0.15) is 0 Å². The SMILES string of the molecule is CCCOc1ccc(OCCN(CCC)CCO)cc1. The van der Waals surface area contributed by atoms with Crippen molar-refractivity contribution in [1.82, 2.24) is 4.90 Å². The van der Waals surface area contributed by atoms with Crippen LogP contribution in [0.4, 0.5) is 0 Å². The van der Waals surface area contributed by atoms with E-state index in [9.17, 15) is 0 Å². The van der Waals surface area contributed by atoms with Crippen molar-refractivity contribution < 1.29 is 14.6 Å². The maximum atomic E-state index is 8.98. The molecule has 0 radical (unpaired) electrons. The summed E-state index contributed by atoms with van der Waals surface area (Å²) in [7, 11) is 0. The highest BCUT2D eigenvalue weighted by Gasteiger charge is 2.03. The molecule has 0 aliphatic heterocycles. The summed E-state index contributed by atoms with van der Waals surface area (Å²) in [4.78, 5) is 2.21. The first kappa shape index (κ1) is 16.8. The minimum atomic E-state index is 0.198. The van der Waals surface area contributed by atoms with Gasteiger partial charge in [0.1, 0.15) is 18.1 Å². The average Bonchev–Trinajstić information content (AvgIpc) is 2.47. The van der Waals surface area contributed by atoms with Gasteiger partial charge in [0, 0.05) is 13.1 Å². The Balaban J connectivity index is 2.30. The normalized spacial score (nSPS) is 10.8. The second kappa shape index (κ2) is 10.5. The lowest BCUT2D eigenvalue weighted by Gasteiger charge is -2.20. The molecule has 4 heteroatoms. The van der Waals surface area contributed by atoms with Gasteiger partial charge in [-0.25, -0.2) is 0 Å². The summed E-state index contributed by atoms with van der Waals surface area (Å²) >= 11 is 0. The second-order valence-electron chi connectivity index (χ2n) is 4.73. The van der Waals surface area contributed by atoms with Crippen LogP contribution in [0.3, 0.4) is 0 Å². The molecule has 0 bridgehead atoms. The standard InChI is InChI=1S/C16H27NO3/c1-3-9-17(10-12-18)11-14-20-16-7-5-15(6-8-16)19-13-4-2/h5-8,18H,3-4,9-14H2,1-2H3. The molecule has 0 aliphatic rings. The molecule has 0 aliphatic carbocycles. The highest BCUT2D eigenvalue weighted by atomic mass is 16.5. The summed E-state index contributed by atoms with van der Waals surface area (Å²) in [6.07, 6.45) is 2.10. The molecule has 1 aromatic rings. The summed E-state index contributed by atoms with van der Waals surface area (Å²) < 4.78 is 11.2. The Hall–Kier alpha value is -1.26. The van der Waals surface area contributed by atoms with Crippen molar-refractivity contribution in [2.24, 2.45) is 0 Å². The smallest absolute Gasteiger partial charge is 0.119 e. The summed E-state index contributed by atoms with van der Waals surface area (Å²) in [5, 5.41) is 8.98. The van der Waals surface area contributed by atoms with E-state index in [1.54, 1.807) is 0 Å². The summed E-state index contributed by atoms with van der Waals surface area (Å²) in [5.41, 5.74) is 0. The Bertz CT molecular complexity index is 334. The fourth-order valence-electron chi connectivity index (χ4n) is 1.94. The molecular weight excluding hydrogens is 254 g/mol. The van der Waals surface area contributed by atoms with Crippen molar-refractivity contribution in [3.8, 4) is 11.5 Å². The lowest BCUT2D eigenvalue weighted by Crippen LogP contribution is -2.31. The number of rotatable bonds is 11. The van der Waals surface area contributed by atoms with Crippen molar-refractivity contribution in [3.63, 3.8) is 0 Å². The Kier molecular flexibility index (Phi) is 8.83. The molecule has 0 saturated heterocycles. The molecule has 4 nitrogen and oxygen atoms in total. The topological polar surface area (TPSA) is 41.9 Å². The largest absolute Gasteiger partial charge is 0.494 e. The van der Waals surface area contributed by atoms with Crippen LogP contribution in [0.15, 0.2) is 24.3 Å². The predicted octanol–water partition coefficient (Wildman–Crippen LogP) is 2.56. The number of benzene rings is 1. The van der Waals surface area contributed by atoms with Crippen LogP contribution < -0.4 is 9.47 Å². The molecule has 0 saturated carbocycles. The lowest BCUT2D eigenvalue weighted by atomic mass is 10.3. The molecule has 1 rings (SSSR count). The molecule has 0 heterocycles. The van der Waals surface area contributed by atoms with E-state index in [0.29, 0.717) is 13.2 Å². The monoisotopic (exact) mass is 281 g/mol. The van der Waals surface area contributed by atoms with Gasteiger partial charge in [0.05, 0.1) is 13.2 Å². The Morgan fingerprint density at radius 3 is 1.95 bits per heavy atom. The van der Waals surface area contributed by atoms with E-state index in [1.165, 1.54) is 0 Å². The van der Waals surface area contributed by atoms with Gasteiger partial charge in [0.15, 0.2) is 0 Å². The van der Waals surface area contributed by atoms with Gasteiger partial charge in [-0.15, -0.1) is 0 Å². The molecular formula is C16H27NO3. The molecule has 0 fully saturated rings. The van der Waals surface area contributed by atoms with Gasteiger partial charge in [0.25, 0.3) is 0 Å². The third kappa shape index (κ3) is 6.78. The molecule has 114 valence electrons. The summed E-state index contributed by atoms with van der Waals surface area (Å²) in [6, 6.07) is 7.73. The van der Waals surface area contributed by atoms with Crippen LogP contribution in [0.1, 0.15) is 26.7 Å². The zero-order valence-electron chi connectivity index (χ0n) is 12.7. The van der Waals surface area contributed by atoms with Crippen LogP contribution in [0.25, 0.3) is 0 Å². The number of ether oxygens (including phenoxy) is 2. The molecule has 0 aromatic heterocycles. The Morgan fingerprint density at radius 2 is 1.45 bits per heavy atom.